The van der Waals surface area contributed by atoms with Crippen LogP contribution in [0.4, 0.5) is 0 Å². The molecule has 0 aromatic heterocycles. The number of likely N-dealkylation sites (N-methyl/N-ethyl adjacent to an activating group) is 1. The third kappa shape index (κ3) is 4.39. The van der Waals surface area contributed by atoms with E-state index in [4.69, 9.17) is 9.47 Å². The Balaban J connectivity index is 1.50. The van der Waals surface area contributed by atoms with Gasteiger partial charge in [0.25, 0.3) is 0 Å². The van der Waals surface area contributed by atoms with E-state index in [0.717, 1.165) is 57.1 Å². The van der Waals surface area contributed by atoms with Crippen LogP contribution >= 0.6 is 0 Å². The van der Waals surface area contributed by atoms with E-state index in [9.17, 15) is 0 Å². The molecule has 2 aliphatic heterocycles. The fraction of sp³-hybridized carbons (Fsp3) is 0.565. The predicted octanol–water partition coefficient (Wildman–Crippen LogP) is 3.84. The van der Waals surface area contributed by atoms with Gasteiger partial charge in [0.15, 0.2) is 0 Å². The SMILES string of the molecule is COC1=CCCC(C2CN(C)Cc3cc(OCC4CCNCC4)ccc32)=C1. The van der Waals surface area contributed by atoms with Crippen LogP contribution in [0, 0.1) is 5.92 Å². The molecule has 4 nitrogen and oxygen atoms in total. The van der Waals surface area contributed by atoms with Gasteiger partial charge in [-0.1, -0.05) is 11.6 Å². The standard InChI is InChI=1S/C23H32N2O2/c1-25-14-19-13-21(27-16-17-8-10-24-11-9-17)6-7-22(19)23(15-25)18-4-3-5-20(12-18)26-2/h5-7,12-13,17,23-24H,3-4,8-11,14-16H2,1-2H3. The molecular weight excluding hydrogens is 336 g/mol. The summed E-state index contributed by atoms with van der Waals surface area (Å²) in [5.41, 5.74) is 4.36. The number of benzene rings is 1. The summed E-state index contributed by atoms with van der Waals surface area (Å²) in [4.78, 5) is 2.43. The third-order valence-corrected chi connectivity index (χ3v) is 6.16. The Hall–Kier alpha value is -1.78. The zero-order valence-corrected chi connectivity index (χ0v) is 16.7. The summed E-state index contributed by atoms with van der Waals surface area (Å²) < 4.78 is 11.7. The molecule has 1 aromatic rings. The van der Waals surface area contributed by atoms with E-state index in [1.54, 1.807) is 7.11 Å². The van der Waals surface area contributed by atoms with Gasteiger partial charge >= 0.3 is 0 Å². The van der Waals surface area contributed by atoms with Crippen molar-refractivity contribution in [1.29, 1.82) is 0 Å². The zero-order chi connectivity index (χ0) is 18.6. The highest BCUT2D eigenvalue weighted by Crippen LogP contribution is 2.38. The van der Waals surface area contributed by atoms with Gasteiger partial charge in [0.1, 0.15) is 11.5 Å². The Morgan fingerprint density at radius 2 is 2.07 bits per heavy atom. The van der Waals surface area contributed by atoms with Crippen LogP contribution in [0.25, 0.3) is 0 Å². The van der Waals surface area contributed by atoms with Crippen molar-refractivity contribution in [2.75, 3.05) is 40.4 Å². The average Bonchev–Trinajstić information content (AvgIpc) is 2.72. The van der Waals surface area contributed by atoms with Crippen molar-refractivity contribution in [3.05, 3.63) is 52.8 Å². The monoisotopic (exact) mass is 368 g/mol. The molecule has 1 aliphatic carbocycles. The quantitative estimate of drug-likeness (QED) is 0.856. The molecule has 4 heteroatoms. The number of rotatable bonds is 5. The number of ether oxygens (including phenoxy) is 2. The lowest BCUT2D eigenvalue weighted by atomic mass is 9.81. The highest BCUT2D eigenvalue weighted by molar-refractivity contribution is 5.44. The van der Waals surface area contributed by atoms with Crippen LogP contribution in [-0.2, 0) is 11.3 Å². The van der Waals surface area contributed by atoms with Crippen molar-refractivity contribution in [2.45, 2.75) is 38.1 Å². The van der Waals surface area contributed by atoms with Crippen molar-refractivity contribution in [3.8, 4) is 5.75 Å². The number of hydrogen-bond acceptors (Lipinski definition) is 4. The average molecular weight is 369 g/mol. The first kappa shape index (κ1) is 18.6. The molecule has 3 aliphatic rings. The highest BCUT2D eigenvalue weighted by atomic mass is 16.5. The fourth-order valence-corrected chi connectivity index (χ4v) is 4.61. The molecule has 0 radical (unpaired) electrons. The second kappa shape index (κ2) is 8.49. The normalized spacial score (nSPS) is 24.0. The zero-order valence-electron chi connectivity index (χ0n) is 16.7. The Morgan fingerprint density at radius 1 is 1.22 bits per heavy atom. The summed E-state index contributed by atoms with van der Waals surface area (Å²) in [6.07, 6.45) is 9.08. The summed E-state index contributed by atoms with van der Waals surface area (Å²) in [6.45, 7) is 5.16. The molecule has 1 atom stereocenters. The van der Waals surface area contributed by atoms with Gasteiger partial charge in [0.2, 0.25) is 0 Å². The van der Waals surface area contributed by atoms with Crippen molar-refractivity contribution in [1.82, 2.24) is 10.2 Å². The maximum atomic E-state index is 6.17. The van der Waals surface area contributed by atoms with Gasteiger partial charge < -0.3 is 19.7 Å². The molecule has 1 unspecified atom stereocenters. The number of nitrogens with zero attached hydrogens (tertiary/aromatic N) is 1. The molecule has 0 amide bonds. The van der Waals surface area contributed by atoms with E-state index < -0.39 is 0 Å². The summed E-state index contributed by atoms with van der Waals surface area (Å²) in [5, 5.41) is 3.42. The Bertz CT molecular complexity index is 719. The van der Waals surface area contributed by atoms with E-state index in [1.165, 1.54) is 29.5 Å². The second-order valence-electron chi connectivity index (χ2n) is 8.18. The van der Waals surface area contributed by atoms with Gasteiger partial charge in [0.05, 0.1) is 13.7 Å². The van der Waals surface area contributed by atoms with E-state index in [0.29, 0.717) is 11.8 Å². The number of nitrogens with one attached hydrogen (secondary N) is 1. The first-order valence-electron chi connectivity index (χ1n) is 10.3. The van der Waals surface area contributed by atoms with Crippen molar-refractivity contribution in [3.63, 3.8) is 0 Å². The minimum atomic E-state index is 0.455. The minimum absolute atomic E-state index is 0.455. The lowest BCUT2D eigenvalue weighted by Gasteiger charge is -2.35. The lowest BCUT2D eigenvalue weighted by Crippen LogP contribution is -2.32. The van der Waals surface area contributed by atoms with Crippen LogP contribution in [0.15, 0.2) is 41.7 Å². The van der Waals surface area contributed by atoms with Gasteiger partial charge in [-0.05, 0) is 87.2 Å². The Kier molecular flexibility index (Phi) is 5.84. The Labute approximate surface area is 163 Å². The molecule has 0 spiro atoms. The minimum Gasteiger partial charge on any atom is -0.497 e. The van der Waals surface area contributed by atoms with Crippen molar-refractivity contribution < 1.29 is 9.47 Å². The molecule has 4 rings (SSSR count). The van der Waals surface area contributed by atoms with Crippen LogP contribution in [-0.4, -0.2) is 45.3 Å². The second-order valence-corrected chi connectivity index (χ2v) is 8.18. The number of piperidine rings is 1. The van der Waals surface area contributed by atoms with Gasteiger partial charge in [0, 0.05) is 19.0 Å². The van der Waals surface area contributed by atoms with E-state index in [-0.39, 0.29) is 0 Å². The van der Waals surface area contributed by atoms with Crippen LogP contribution in [0.3, 0.4) is 0 Å². The molecule has 0 saturated carbocycles. The number of fused-ring (bicyclic) bond motifs is 1. The van der Waals surface area contributed by atoms with Crippen LogP contribution in [0.1, 0.15) is 42.7 Å². The first-order valence-corrected chi connectivity index (χ1v) is 10.3. The molecule has 0 bridgehead atoms. The summed E-state index contributed by atoms with van der Waals surface area (Å²) in [5.74, 6) is 3.17. The van der Waals surface area contributed by atoms with Crippen LogP contribution < -0.4 is 10.1 Å². The number of hydrogen-bond donors (Lipinski definition) is 1. The van der Waals surface area contributed by atoms with Crippen LogP contribution in [0.5, 0.6) is 5.75 Å². The summed E-state index contributed by atoms with van der Waals surface area (Å²) >= 11 is 0. The maximum Gasteiger partial charge on any atom is 0.119 e. The third-order valence-electron chi connectivity index (χ3n) is 6.16. The molecule has 1 N–H and O–H groups in total. The molecule has 27 heavy (non-hydrogen) atoms. The first-order chi connectivity index (χ1) is 13.2. The lowest BCUT2D eigenvalue weighted by molar-refractivity contribution is 0.214. The van der Waals surface area contributed by atoms with Gasteiger partial charge in [-0.15, -0.1) is 0 Å². The highest BCUT2D eigenvalue weighted by Gasteiger charge is 2.27. The molecule has 1 saturated heterocycles. The number of methoxy groups -OCH3 is 1. The van der Waals surface area contributed by atoms with Gasteiger partial charge in [-0.25, -0.2) is 0 Å². The molecule has 1 aromatic carbocycles. The summed E-state index contributed by atoms with van der Waals surface area (Å²) in [6, 6.07) is 6.75. The van der Waals surface area contributed by atoms with Crippen molar-refractivity contribution in [2.24, 2.45) is 5.92 Å². The maximum absolute atomic E-state index is 6.17. The van der Waals surface area contributed by atoms with E-state index >= 15 is 0 Å². The fourth-order valence-electron chi connectivity index (χ4n) is 4.61. The van der Waals surface area contributed by atoms with Gasteiger partial charge in [-0.3, -0.25) is 0 Å². The van der Waals surface area contributed by atoms with Crippen molar-refractivity contribution >= 4 is 0 Å². The molecule has 1 fully saturated rings. The summed E-state index contributed by atoms with van der Waals surface area (Å²) in [7, 11) is 3.98. The number of allylic oxidation sites excluding steroid dienone is 2. The largest absolute Gasteiger partial charge is 0.497 e. The molecule has 146 valence electrons. The van der Waals surface area contributed by atoms with Crippen LogP contribution in [0.2, 0.25) is 0 Å². The molecule has 2 heterocycles. The van der Waals surface area contributed by atoms with Gasteiger partial charge in [-0.2, -0.15) is 0 Å². The molecular formula is C23H32N2O2. The van der Waals surface area contributed by atoms with E-state index in [2.05, 4.69) is 47.6 Å². The Morgan fingerprint density at radius 3 is 2.89 bits per heavy atom. The van der Waals surface area contributed by atoms with E-state index in [1.807, 2.05) is 0 Å². The smallest absolute Gasteiger partial charge is 0.119 e. The topological polar surface area (TPSA) is 33.7 Å². The predicted molar refractivity (Wildman–Crippen MR) is 109 cm³/mol.